The van der Waals surface area contributed by atoms with Crippen LogP contribution in [0.15, 0.2) is 29.8 Å². The number of rotatable bonds is 1. The zero-order chi connectivity index (χ0) is 19.5. The van der Waals surface area contributed by atoms with E-state index in [-0.39, 0.29) is 5.41 Å². The third-order valence-corrected chi connectivity index (χ3v) is 9.80. The largest absolute Gasteiger partial charge is 0.294 e. The Morgan fingerprint density at radius 3 is 2.64 bits per heavy atom. The minimum Gasteiger partial charge on any atom is -0.294 e. The number of Topliss-reactive ketones (excluding diaryl/α,β-unsaturated/α-hetero) is 1. The first-order valence-corrected chi connectivity index (χ1v) is 11.8. The van der Waals surface area contributed by atoms with Gasteiger partial charge in [-0.15, -0.1) is 0 Å². The molecule has 2 heteroatoms. The number of hydrogen-bond acceptors (Lipinski definition) is 1. The van der Waals surface area contributed by atoms with E-state index in [1.807, 2.05) is 24.3 Å². The number of allylic oxidation sites excluding steroid dienone is 1. The molecule has 4 aliphatic rings. The molecule has 0 heterocycles. The summed E-state index contributed by atoms with van der Waals surface area (Å²) < 4.78 is 0. The Balaban J connectivity index is 1.48. The first-order chi connectivity index (χ1) is 13.4. The van der Waals surface area contributed by atoms with E-state index in [0.29, 0.717) is 17.1 Å². The lowest BCUT2D eigenvalue weighted by Gasteiger charge is -2.59. The van der Waals surface area contributed by atoms with E-state index in [2.05, 4.69) is 19.9 Å². The highest BCUT2D eigenvalue weighted by Crippen LogP contribution is 2.66. The number of benzene rings is 1. The van der Waals surface area contributed by atoms with Gasteiger partial charge in [0.2, 0.25) is 0 Å². The Bertz CT molecular complexity index is 825. The molecule has 0 bridgehead atoms. The summed E-state index contributed by atoms with van der Waals surface area (Å²) in [6.45, 7) is 4.88. The molecule has 4 aliphatic carbocycles. The molecule has 150 valence electrons. The smallest absolute Gasteiger partial charge is 0.165 e. The fourth-order valence-electron chi connectivity index (χ4n) is 7.87. The first-order valence-electron chi connectivity index (χ1n) is 11.4. The lowest BCUT2D eigenvalue weighted by atomic mass is 9.45. The van der Waals surface area contributed by atoms with Crippen LogP contribution in [0, 0.1) is 34.5 Å². The van der Waals surface area contributed by atoms with Crippen molar-refractivity contribution in [1.82, 2.24) is 0 Å². The highest BCUT2D eigenvalue weighted by Gasteiger charge is 2.60. The molecular formula is C26H33ClO. The Morgan fingerprint density at radius 1 is 1.00 bits per heavy atom. The average Bonchev–Trinajstić information content (AvgIpc) is 2.94. The quantitative estimate of drug-likeness (QED) is 0.454. The standard InChI is InChI=1S/C26H33ClO/c1-25-13-6-5-8-19(25)10-11-20-21(25)12-14-26(2)22(20)16-18(24(26)28)15-17-7-3-4-9-23(17)27/h3-4,7,9,15,19-22H,5-6,8,10-14,16H2,1-2H3/b18-15+/t19-,20+,21+,22-,25+,26+/m1/s1. The van der Waals surface area contributed by atoms with E-state index in [1.54, 1.807) is 0 Å². The SMILES string of the molecule is C[C@]12CCCC[C@@H]1CC[C@@H]1[C@H]3C/C(=C\c4ccccc4Cl)C(=O)[C@@]3(C)CC[C@@H]12. The van der Waals surface area contributed by atoms with Crippen LogP contribution in [0.1, 0.15) is 77.2 Å². The number of halogens is 1. The predicted octanol–water partition coefficient (Wildman–Crippen LogP) is 7.34. The Morgan fingerprint density at radius 2 is 1.82 bits per heavy atom. The lowest BCUT2D eigenvalue weighted by molar-refractivity contribution is -0.137. The highest BCUT2D eigenvalue weighted by atomic mass is 35.5. The van der Waals surface area contributed by atoms with Crippen molar-refractivity contribution >= 4 is 23.5 Å². The molecule has 4 fully saturated rings. The van der Waals surface area contributed by atoms with Gasteiger partial charge in [-0.05, 0) is 97.3 Å². The molecule has 0 spiro atoms. The molecule has 0 amide bonds. The third kappa shape index (κ3) is 2.68. The van der Waals surface area contributed by atoms with Gasteiger partial charge in [-0.1, -0.05) is 56.5 Å². The van der Waals surface area contributed by atoms with Crippen LogP contribution in [-0.2, 0) is 4.79 Å². The van der Waals surface area contributed by atoms with Gasteiger partial charge in [-0.3, -0.25) is 4.79 Å². The van der Waals surface area contributed by atoms with Crippen LogP contribution in [0.2, 0.25) is 5.02 Å². The van der Waals surface area contributed by atoms with E-state index in [0.717, 1.165) is 46.8 Å². The fourth-order valence-corrected chi connectivity index (χ4v) is 8.06. The molecular weight excluding hydrogens is 364 g/mol. The van der Waals surface area contributed by atoms with Gasteiger partial charge < -0.3 is 0 Å². The van der Waals surface area contributed by atoms with Gasteiger partial charge in [0, 0.05) is 10.4 Å². The second kappa shape index (κ2) is 6.73. The fraction of sp³-hybridized carbons (Fsp3) is 0.654. The van der Waals surface area contributed by atoms with Crippen LogP contribution in [-0.4, -0.2) is 5.78 Å². The summed E-state index contributed by atoms with van der Waals surface area (Å²) in [5, 5.41) is 0.746. The van der Waals surface area contributed by atoms with E-state index < -0.39 is 0 Å². The second-order valence-electron chi connectivity index (χ2n) is 10.6. The molecule has 0 N–H and O–H groups in total. The van der Waals surface area contributed by atoms with Crippen molar-refractivity contribution in [3.8, 4) is 0 Å². The number of hydrogen-bond donors (Lipinski definition) is 0. The van der Waals surface area contributed by atoms with E-state index >= 15 is 0 Å². The predicted molar refractivity (Wildman–Crippen MR) is 116 cm³/mol. The molecule has 1 nitrogen and oxygen atoms in total. The van der Waals surface area contributed by atoms with Gasteiger partial charge in [0.15, 0.2) is 5.78 Å². The van der Waals surface area contributed by atoms with Crippen LogP contribution in [0.5, 0.6) is 0 Å². The summed E-state index contributed by atoms with van der Waals surface area (Å²) in [6, 6.07) is 7.91. The number of carbonyl (C=O) groups is 1. The normalized spacial score (nSPS) is 44.1. The molecule has 0 radical (unpaired) electrons. The van der Waals surface area contributed by atoms with Crippen molar-refractivity contribution in [3.63, 3.8) is 0 Å². The van der Waals surface area contributed by atoms with Gasteiger partial charge in [-0.2, -0.15) is 0 Å². The van der Waals surface area contributed by atoms with Crippen LogP contribution < -0.4 is 0 Å². The average molecular weight is 397 g/mol. The van der Waals surface area contributed by atoms with Crippen molar-refractivity contribution < 1.29 is 4.79 Å². The summed E-state index contributed by atoms with van der Waals surface area (Å²) in [7, 11) is 0. The van der Waals surface area contributed by atoms with Crippen LogP contribution in [0.4, 0.5) is 0 Å². The summed E-state index contributed by atoms with van der Waals surface area (Å²) in [6.07, 6.45) is 13.8. The highest BCUT2D eigenvalue weighted by molar-refractivity contribution is 6.32. The molecule has 1 aromatic rings. The zero-order valence-corrected chi connectivity index (χ0v) is 18.1. The maximum Gasteiger partial charge on any atom is 0.165 e. The lowest BCUT2D eigenvalue weighted by Crippen LogP contribution is -2.52. The van der Waals surface area contributed by atoms with Gasteiger partial charge in [0.25, 0.3) is 0 Å². The van der Waals surface area contributed by atoms with Crippen molar-refractivity contribution in [2.45, 2.75) is 71.6 Å². The topological polar surface area (TPSA) is 17.1 Å². The molecule has 0 saturated heterocycles. The number of carbonyl (C=O) groups excluding carboxylic acids is 1. The zero-order valence-electron chi connectivity index (χ0n) is 17.3. The van der Waals surface area contributed by atoms with Crippen LogP contribution >= 0.6 is 11.6 Å². The molecule has 1 aromatic carbocycles. The third-order valence-electron chi connectivity index (χ3n) is 9.46. The minimum atomic E-state index is -0.147. The Labute approximate surface area is 174 Å². The van der Waals surface area contributed by atoms with E-state index in [1.165, 1.54) is 44.9 Å². The van der Waals surface area contributed by atoms with Gasteiger partial charge in [-0.25, -0.2) is 0 Å². The molecule has 0 aliphatic heterocycles. The van der Waals surface area contributed by atoms with Crippen molar-refractivity contribution in [2.75, 3.05) is 0 Å². The summed E-state index contributed by atoms with van der Waals surface area (Å²) in [4.78, 5) is 13.5. The monoisotopic (exact) mass is 396 g/mol. The van der Waals surface area contributed by atoms with Crippen molar-refractivity contribution in [1.29, 1.82) is 0 Å². The van der Waals surface area contributed by atoms with E-state index in [9.17, 15) is 4.79 Å². The number of fused-ring (bicyclic) bond motifs is 5. The first kappa shape index (κ1) is 18.9. The van der Waals surface area contributed by atoms with Gasteiger partial charge in [0.05, 0.1) is 0 Å². The number of ketones is 1. The van der Waals surface area contributed by atoms with Crippen LogP contribution in [0.25, 0.3) is 6.08 Å². The molecule has 28 heavy (non-hydrogen) atoms. The van der Waals surface area contributed by atoms with Crippen molar-refractivity contribution in [3.05, 3.63) is 40.4 Å². The van der Waals surface area contributed by atoms with Gasteiger partial charge >= 0.3 is 0 Å². The Kier molecular flexibility index (Phi) is 4.54. The van der Waals surface area contributed by atoms with Crippen molar-refractivity contribution in [2.24, 2.45) is 34.5 Å². The summed E-state index contributed by atoms with van der Waals surface area (Å²) >= 11 is 6.39. The molecule has 0 unspecified atom stereocenters. The molecule has 5 rings (SSSR count). The molecule has 4 saturated carbocycles. The maximum absolute atomic E-state index is 13.5. The maximum atomic E-state index is 13.5. The van der Waals surface area contributed by atoms with E-state index in [4.69, 9.17) is 11.6 Å². The summed E-state index contributed by atoms with van der Waals surface area (Å²) in [5.41, 5.74) is 2.40. The molecule has 0 aromatic heterocycles. The second-order valence-corrected chi connectivity index (χ2v) is 11.0. The van der Waals surface area contributed by atoms with Gasteiger partial charge in [0.1, 0.15) is 0 Å². The Hall–Kier alpha value is -1.08. The summed E-state index contributed by atoms with van der Waals surface area (Å²) in [5.74, 6) is 3.44. The van der Waals surface area contributed by atoms with Crippen LogP contribution in [0.3, 0.4) is 0 Å². The molecule has 6 atom stereocenters. The minimum absolute atomic E-state index is 0.147.